The van der Waals surface area contributed by atoms with Gasteiger partial charge in [0.25, 0.3) is 0 Å². The van der Waals surface area contributed by atoms with Crippen molar-refractivity contribution in [1.29, 1.82) is 0 Å². The van der Waals surface area contributed by atoms with Crippen LogP contribution in [0.15, 0.2) is 60.8 Å². The van der Waals surface area contributed by atoms with Gasteiger partial charge in [-0.05, 0) is 91.1 Å². The van der Waals surface area contributed by atoms with Gasteiger partial charge in [0.1, 0.15) is 6.61 Å². The molecule has 9 nitrogen and oxygen atoms in total. The fourth-order valence-electron chi connectivity index (χ4n) is 6.20. The van der Waals surface area contributed by atoms with E-state index in [4.69, 9.17) is 18.5 Å². The lowest BCUT2D eigenvalue weighted by Crippen LogP contribution is -2.29. The van der Waals surface area contributed by atoms with Crippen molar-refractivity contribution in [3.8, 4) is 0 Å². The van der Waals surface area contributed by atoms with Gasteiger partial charge >= 0.3 is 19.8 Å². The molecule has 2 atom stereocenters. The number of carbonyl (C=O) groups is 2. The lowest BCUT2D eigenvalue weighted by Gasteiger charge is -2.20. The van der Waals surface area contributed by atoms with Crippen LogP contribution in [-0.2, 0) is 32.7 Å². The summed E-state index contributed by atoms with van der Waals surface area (Å²) in [5, 5.41) is 0. The third kappa shape index (κ3) is 45.1. The van der Waals surface area contributed by atoms with Gasteiger partial charge in [-0.2, -0.15) is 0 Å². The van der Waals surface area contributed by atoms with Crippen molar-refractivity contribution in [2.45, 2.75) is 200 Å². The molecule has 2 unspecified atom stereocenters. The Kier molecular flexibility index (Phi) is 42.1. The fourth-order valence-corrected chi connectivity index (χ4v) is 6.94. The molecule has 0 aliphatic heterocycles. The van der Waals surface area contributed by atoms with E-state index in [1.165, 1.54) is 96.3 Å². The Morgan fingerprint density at radius 1 is 0.542 bits per heavy atom. The Morgan fingerprint density at radius 3 is 1.49 bits per heavy atom. The molecular weight excluding hydrogens is 762 g/mol. The molecule has 0 fully saturated rings. The molecule has 1 N–H and O–H groups in total. The predicted octanol–water partition coefficient (Wildman–Crippen LogP) is 13.9. The highest BCUT2D eigenvalue weighted by Gasteiger charge is 2.26. The average molecular weight is 850 g/mol. The lowest BCUT2D eigenvalue weighted by molar-refractivity contribution is -0.161. The quantitative estimate of drug-likeness (QED) is 0.0277. The zero-order chi connectivity index (χ0) is 43.3. The number of nitrogens with zero attached hydrogens (tertiary/aromatic N) is 1. The van der Waals surface area contributed by atoms with Gasteiger partial charge in [0.15, 0.2) is 6.10 Å². The van der Waals surface area contributed by atoms with E-state index in [9.17, 15) is 19.0 Å². The van der Waals surface area contributed by atoms with E-state index < -0.39 is 32.5 Å². The molecule has 0 aromatic rings. The highest BCUT2D eigenvalue weighted by Crippen LogP contribution is 2.43. The first-order chi connectivity index (χ1) is 28.7. The second-order valence-corrected chi connectivity index (χ2v) is 17.4. The monoisotopic (exact) mass is 850 g/mol. The molecule has 59 heavy (non-hydrogen) atoms. The van der Waals surface area contributed by atoms with E-state index in [1.54, 1.807) is 0 Å². The molecule has 0 spiro atoms. The number of allylic oxidation sites excluding steroid dienone is 10. The normalized spacial score (nSPS) is 13.9. The van der Waals surface area contributed by atoms with Gasteiger partial charge in [0.2, 0.25) is 0 Å². The van der Waals surface area contributed by atoms with Gasteiger partial charge in [-0.3, -0.25) is 18.6 Å². The largest absolute Gasteiger partial charge is 0.472 e. The summed E-state index contributed by atoms with van der Waals surface area (Å²) in [6, 6.07) is 0. The summed E-state index contributed by atoms with van der Waals surface area (Å²) in [5.41, 5.74) is 0. The number of likely N-dealkylation sites (N-methyl/N-ethyl adjacent to an activating group) is 1. The number of carbonyl (C=O) groups excluding carboxylic acids is 2. The van der Waals surface area contributed by atoms with Crippen molar-refractivity contribution in [3.63, 3.8) is 0 Å². The average Bonchev–Trinajstić information content (AvgIpc) is 3.20. The molecule has 0 saturated carbocycles. The molecule has 10 heteroatoms. The molecule has 0 bridgehead atoms. The van der Waals surface area contributed by atoms with Gasteiger partial charge in [-0.15, -0.1) is 0 Å². The first kappa shape index (κ1) is 56.7. The van der Waals surface area contributed by atoms with Crippen LogP contribution in [0, 0.1) is 0 Å². The lowest BCUT2D eigenvalue weighted by atomic mass is 10.0. The number of phosphoric ester groups is 1. The molecule has 0 rings (SSSR count). The molecule has 342 valence electrons. The zero-order valence-electron chi connectivity index (χ0n) is 38.2. The van der Waals surface area contributed by atoms with E-state index in [0.717, 1.165) is 57.8 Å². The van der Waals surface area contributed by atoms with Gasteiger partial charge in [0.05, 0.1) is 13.2 Å². The van der Waals surface area contributed by atoms with Gasteiger partial charge in [-0.25, -0.2) is 4.57 Å². The first-order valence-corrected chi connectivity index (χ1v) is 25.1. The van der Waals surface area contributed by atoms with Gasteiger partial charge < -0.3 is 19.3 Å². The highest BCUT2D eigenvalue weighted by molar-refractivity contribution is 7.47. The molecule has 0 saturated heterocycles. The number of rotatable bonds is 43. The fraction of sp³-hybridized carbons (Fsp3) is 0.755. The van der Waals surface area contributed by atoms with Crippen LogP contribution in [-0.4, -0.2) is 68.3 Å². The Balaban J connectivity index is 4.26. The molecule has 0 aromatic heterocycles. The second kappa shape index (κ2) is 43.8. The van der Waals surface area contributed by atoms with E-state index in [2.05, 4.69) is 74.6 Å². The van der Waals surface area contributed by atoms with Crippen molar-refractivity contribution in [1.82, 2.24) is 4.90 Å². The summed E-state index contributed by atoms with van der Waals surface area (Å²) >= 11 is 0. The number of esters is 2. The van der Waals surface area contributed by atoms with Crippen molar-refractivity contribution < 1.29 is 37.6 Å². The maximum absolute atomic E-state index is 12.7. The van der Waals surface area contributed by atoms with Crippen LogP contribution in [0.3, 0.4) is 0 Å². The second-order valence-electron chi connectivity index (χ2n) is 15.9. The van der Waals surface area contributed by atoms with E-state index in [1.807, 2.05) is 19.0 Å². The summed E-state index contributed by atoms with van der Waals surface area (Å²) in [6.07, 6.45) is 51.3. The molecule has 0 heterocycles. The highest BCUT2D eigenvalue weighted by atomic mass is 31.2. The van der Waals surface area contributed by atoms with Crippen LogP contribution in [0.2, 0.25) is 0 Å². The Labute approximate surface area is 362 Å². The van der Waals surface area contributed by atoms with Crippen molar-refractivity contribution in [2.75, 3.05) is 40.5 Å². The number of hydrogen-bond donors (Lipinski definition) is 1. The predicted molar refractivity (Wildman–Crippen MR) is 247 cm³/mol. The van der Waals surface area contributed by atoms with E-state index in [-0.39, 0.29) is 26.1 Å². The Hall–Kier alpha value is -2.29. The van der Waals surface area contributed by atoms with Gasteiger partial charge in [0, 0.05) is 19.4 Å². The van der Waals surface area contributed by atoms with E-state index in [0.29, 0.717) is 19.4 Å². The van der Waals surface area contributed by atoms with Gasteiger partial charge in [-0.1, -0.05) is 164 Å². The van der Waals surface area contributed by atoms with Crippen LogP contribution >= 0.6 is 7.82 Å². The number of ether oxygens (including phenoxy) is 2. The third-order valence-electron chi connectivity index (χ3n) is 9.81. The topological polar surface area (TPSA) is 112 Å². The maximum atomic E-state index is 12.7. The molecule has 0 aliphatic rings. The molecule has 0 radical (unpaired) electrons. The summed E-state index contributed by atoms with van der Waals surface area (Å²) in [7, 11) is -0.734. The summed E-state index contributed by atoms with van der Waals surface area (Å²) in [4.78, 5) is 37.1. The van der Waals surface area contributed by atoms with Crippen LogP contribution in [0.5, 0.6) is 0 Å². The summed E-state index contributed by atoms with van der Waals surface area (Å²) in [5.74, 6) is -0.852. The molecule has 0 aromatic carbocycles. The summed E-state index contributed by atoms with van der Waals surface area (Å²) in [6.45, 7) is 4.16. The van der Waals surface area contributed by atoms with Crippen LogP contribution in [0.25, 0.3) is 0 Å². The Bertz CT molecular complexity index is 1160. The molecule has 0 aliphatic carbocycles. The Morgan fingerprint density at radius 2 is 0.966 bits per heavy atom. The number of unbranched alkanes of at least 4 members (excludes halogenated alkanes) is 19. The first-order valence-electron chi connectivity index (χ1n) is 23.6. The van der Waals surface area contributed by atoms with Crippen molar-refractivity contribution in [3.05, 3.63) is 60.8 Å². The van der Waals surface area contributed by atoms with Crippen LogP contribution < -0.4 is 0 Å². The molecule has 0 amide bonds. The zero-order valence-corrected chi connectivity index (χ0v) is 39.1. The van der Waals surface area contributed by atoms with Crippen LogP contribution in [0.1, 0.15) is 194 Å². The van der Waals surface area contributed by atoms with Crippen molar-refractivity contribution in [2.24, 2.45) is 0 Å². The standard InChI is InChI=1S/C49H88NO8P/c1-5-7-9-11-13-15-17-19-21-22-23-24-25-26-28-30-32-34-36-38-40-42-49(52)58-47(46-57-59(53,54)56-44-43-50(3)4)45-55-48(51)41-39-37-35-33-31-29-27-20-18-16-14-12-10-8-6-2/h8,10,14,16,19-21,27,31,33,47H,5-7,9,11-13,15,17-18,22-26,28-30,32,34-46H2,1-4H3,(H,53,54)/b10-8-,16-14-,21-19-,27-20-,33-31-. The summed E-state index contributed by atoms with van der Waals surface area (Å²) < 4.78 is 33.5. The van der Waals surface area contributed by atoms with Crippen molar-refractivity contribution >= 4 is 19.8 Å². The minimum absolute atomic E-state index is 0.00138. The van der Waals surface area contributed by atoms with E-state index >= 15 is 0 Å². The van der Waals surface area contributed by atoms with Crippen LogP contribution in [0.4, 0.5) is 0 Å². The smallest absolute Gasteiger partial charge is 0.462 e. The minimum atomic E-state index is -4.38. The number of hydrogen-bond acceptors (Lipinski definition) is 8. The SMILES string of the molecule is CC/C=C\C/C=C\C/C=C\C/C=C\CCCCC(=O)OCC(COP(=O)(O)OCCN(C)C)OC(=O)CCCCCCCCCCCCC/C=C\CCCCCCCC. The molecular formula is C49H88NO8P. The third-order valence-corrected chi connectivity index (χ3v) is 10.8. The maximum Gasteiger partial charge on any atom is 0.472 e. The minimum Gasteiger partial charge on any atom is -0.462 e. The number of phosphoric acid groups is 1.